The molecule has 9 nitrogen and oxygen atoms in total. The molecular weight excluding hydrogens is 354 g/mol. The Kier molecular flexibility index (Phi) is 6.00. The number of aromatic carboxylic acids is 2. The molecular formula is C18H15N3O6. The van der Waals surface area contributed by atoms with Gasteiger partial charge in [0, 0.05) is 30.1 Å². The number of imidazole rings is 1. The van der Waals surface area contributed by atoms with E-state index >= 15 is 0 Å². The normalized spacial score (nSPS) is 9.81. The predicted molar refractivity (Wildman–Crippen MR) is 95.8 cm³/mol. The third-order valence-electron chi connectivity index (χ3n) is 3.54. The van der Waals surface area contributed by atoms with Crippen LogP contribution in [0.15, 0.2) is 54.9 Å². The Morgan fingerprint density at radius 3 is 2.41 bits per heavy atom. The first-order valence-corrected chi connectivity index (χ1v) is 7.61. The maximum atomic E-state index is 10.6. The highest BCUT2D eigenvalue weighted by Gasteiger charge is 2.10. The molecule has 0 aliphatic carbocycles. The monoisotopic (exact) mass is 369 g/mol. The number of nitrogens with zero attached hydrogens (tertiary/aromatic N) is 2. The van der Waals surface area contributed by atoms with Crippen LogP contribution < -0.4 is 0 Å². The quantitative estimate of drug-likeness (QED) is 0.472. The average molecular weight is 369 g/mol. The lowest BCUT2D eigenvalue weighted by Crippen LogP contribution is -2.03. The summed E-state index contributed by atoms with van der Waals surface area (Å²) in [5.41, 5.74) is 1.35. The molecule has 0 spiro atoms. The molecule has 0 amide bonds. The maximum absolute atomic E-state index is 10.6. The van der Waals surface area contributed by atoms with Crippen LogP contribution in [0.5, 0.6) is 0 Å². The topological polar surface area (TPSA) is 146 Å². The fourth-order valence-corrected chi connectivity index (χ4v) is 2.18. The number of aromatic nitrogens is 2. The molecule has 3 N–H and O–H groups in total. The number of aryl methyl sites for hydroxylation is 1. The lowest BCUT2D eigenvalue weighted by atomic mass is 10.1. The van der Waals surface area contributed by atoms with E-state index in [0.717, 1.165) is 6.07 Å². The van der Waals surface area contributed by atoms with E-state index in [9.17, 15) is 19.7 Å². The van der Waals surface area contributed by atoms with Gasteiger partial charge in [0.25, 0.3) is 5.69 Å². The van der Waals surface area contributed by atoms with Crippen molar-refractivity contribution in [3.63, 3.8) is 0 Å². The number of carbonyl (C=O) groups is 2. The summed E-state index contributed by atoms with van der Waals surface area (Å²) in [7, 11) is 0. The van der Waals surface area contributed by atoms with E-state index in [1.54, 1.807) is 31.5 Å². The molecule has 1 aromatic heterocycles. The zero-order valence-corrected chi connectivity index (χ0v) is 14.1. The number of aromatic amines is 1. The third kappa shape index (κ3) is 4.98. The number of nitro groups is 1. The van der Waals surface area contributed by atoms with E-state index in [-0.39, 0.29) is 16.8 Å². The molecule has 0 aliphatic heterocycles. The summed E-state index contributed by atoms with van der Waals surface area (Å²) in [5, 5.41) is 27.8. The summed E-state index contributed by atoms with van der Waals surface area (Å²) in [6.07, 6.45) is 3.28. The van der Waals surface area contributed by atoms with E-state index in [4.69, 9.17) is 10.2 Å². The first-order chi connectivity index (χ1) is 12.8. The van der Waals surface area contributed by atoms with Gasteiger partial charge in [-0.1, -0.05) is 18.2 Å². The van der Waals surface area contributed by atoms with E-state index < -0.39 is 16.9 Å². The average Bonchev–Trinajstić information content (AvgIpc) is 3.17. The molecule has 0 fully saturated rings. The Morgan fingerprint density at radius 2 is 1.85 bits per heavy atom. The molecule has 0 saturated heterocycles. The first-order valence-electron chi connectivity index (χ1n) is 7.61. The van der Waals surface area contributed by atoms with Crippen LogP contribution in [0.1, 0.15) is 26.3 Å². The second kappa shape index (κ2) is 8.39. The minimum Gasteiger partial charge on any atom is -0.478 e. The molecule has 0 unspecified atom stereocenters. The van der Waals surface area contributed by atoms with Gasteiger partial charge in [-0.05, 0) is 24.6 Å². The number of hydrogen-bond acceptors (Lipinski definition) is 5. The molecule has 0 radical (unpaired) electrons. The predicted octanol–water partition coefficient (Wildman–Crippen LogP) is 3.38. The van der Waals surface area contributed by atoms with Crippen molar-refractivity contribution in [2.24, 2.45) is 0 Å². The number of H-pyrrole nitrogens is 1. The van der Waals surface area contributed by atoms with Gasteiger partial charge in [0.05, 0.1) is 16.1 Å². The van der Waals surface area contributed by atoms with Crippen LogP contribution >= 0.6 is 0 Å². The largest absolute Gasteiger partial charge is 0.478 e. The Labute approximate surface area is 153 Å². The highest BCUT2D eigenvalue weighted by molar-refractivity contribution is 5.94. The Hall–Kier alpha value is -4.01. The van der Waals surface area contributed by atoms with Gasteiger partial charge in [-0.15, -0.1) is 0 Å². The summed E-state index contributed by atoms with van der Waals surface area (Å²) in [5.74, 6) is -1.60. The Balaban J connectivity index is 0.000000194. The maximum Gasteiger partial charge on any atom is 0.335 e. The zero-order valence-electron chi connectivity index (χ0n) is 14.1. The second-order valence-electron chi connectivity index (χ2n) is 5.39. The molecule has 0 bridgehead atoms. The molecule has 0 aliphatic rings. The van der Waals surface area contributed by atoms with Crippen LogP contribution in [0, 0.1) is 17.0 Å². The van der Waals surface area contributed by atoms with Crippen molar-refractivity contribution in [1.82, 2.24) is 9.97 Å². The number of rotatable bonds is 4. The van der Waals surface area contributed by atoms with Crippen LogP contribution in [-0.4, -0.2) is 37.0 Å². The number of hydrogen-bond donors (Lipinski definition) is 3. The van der Waals surface area contributed by atoms with Crippen LogP contribution in [0.2, 0.25) is 0 Å². The van der Waals surface area contributed by atoms with Crippen molar-refractivity contribution >= 4 is 17.6 Å². The third-order valence-corrected chi connectivity index (χ3v) is 3.54. The van der Waals surface area contributed by atoms with E-state index in [2.05, 4.69) is 9.97 Å². The van der Waals surface area contributed by atoms with Gasteiger partial charge in [-0.25, -0.2) is 14.6 Å². The molecule has 2 aromatic carbocycles. The van der Waals surface area contributed by atoms with Gasteiger partial charge in [0.15, 0.2) is 0 Å². The first kappa shape index (κ1) is 19.3. The highest BCUT2D eigenvalue weighted by atomic mass is 16.6. The summed E-state index contributed by atoms with van der Waals surface area (Å²) in [6, 6.07) is 10.4. The summed E-state index contributed by atoms with van der Waals surface area (Å²) in [4.78, 5) is 38.1. The molecule has 1 heterocycles. The number of carboxylic acid groups (broad SMARTS) is 2. The molecule has 27 heavy (non-hydrogen) atoms. The molecule has 9 heteroatoms. The van der Waals surface area contributed by atoms with Crippen molar-refractivity contribution in [3.05, 3.63) is 81.7 Å². The lowest BCUT2D eigenvalue weighted by Gasteiger charge is -2.01. The van der Waals surface area contributed by atoms with E-state index in [1.807, 2.05) is 0 Å². The number of nitro benzene ring substituents is 1. The van der Waals surface area contributed by atoms with Crippen molar-refractivity contribution in [3.8, 4) is 11.4 Å². The molecule has 3 aromatic rings. The zero-order chi connectivity index (χ0) is 20.0. The van der Waals surface area contributed by atoms with Gasteiger partial charge >= 0.3 is 11.9 Å². The van der Waals surface area contributed by atoms with Crippen LogP contribution in [0.3, 0.4) is 0 Å². The smallest absolute Gasteiger partial charge is 0.335 e. The van der Waals surface area contributed by atoms with E-state index in [1.165, 1.54) is 24.3 Å². The van der Waals surface area contributed by atoms with Crippen molar-refractivity contribution in [1.29, 1.82) is 0 Å². The fourth-order valence-electron chi connectivity index (χ4n) is 2.18. The Bertz CT molecular complexity index is 983. The van der Waals surface area contributed by atoms with Gasteiger partial charge in [-0.3, -0.25) is 10.1 Å². The minimum absolute atomic E-state index is 0.0111. The van der Waals surface area contributed by atoms with Crippen LogP contribution in [-0.2, 0) is 0 Å². The van der Waals surface area contributed by atoms with Gasteiger partial charge < -0.3 is 15.2 Å². The number of non-ortho nitro benzene ring substituents is 1. The summed E-state index contributed by atoms with van der Waals surface area (Å²) in [6.45, 7) is 1.62. The molecule has 0 saturated carbocycles. The number of nitrogens with one attached hydrogen (secondary N) is 1. The molecule has 3 rings (SSSR count). The van der Waals surface area contributed by atoms with Gasteiger partial charge in [0.1, 0.15) is 5.82 Å². The number of carboxylic acids is 2. The minimum atomic E-state index is -1.12. The summed E-state index contributed by atoms with van der Waals surface area (Å²) < 4.78 is 0. The lowest BCUT2D eigenvalue weighted by molar-refractivity contribution is -0.384. The van der Waals surface area contributed by atoms with Crippen molar-refractivity contribution < 1.29 is 24.7 Å². The van der Waals surface area contributed by atoms with Crippen molar-refractivity contribution in [2.45, 2.75) is 6.92 Å². The summed E-state index contributed by atoms with van der Waals surface area (Å²) >= 11 is 0. The number of benzene rings is 2. The van der Waals surface area contributed by atoms with Crippen LogP contribution in [0.25, 0.3) is 11.4 Å². The SMILES string of the molecule is Cc1ccc(C(=O)O)cc1C(=O)O.O=[N+]([O-])c1cccc(-c2ncc[nH]2)c1. The standard InChI is InChI=1S/C9H7N3O2.C9H8O4/c13-12(14)8-3-1-2-7(6-8)9-10-4-5-11-9;1-5-2-3-6(8(10)11)4-7(5)9(12)13/h1-6H,(H,10,11);2-4H,1H3,(H,10,11)(H,12,13). The highest BCUT2D eigenvalue weighted by Crippen LogP contribution is 2.20. The van der Waals surface area contributed by atoms with Crippen molar-refractivity contribution in [2.75, 3.05) is 0 Å². The van der Waals surface area contributed by atoms with Crippen LogP contribution in [0.4, 0.5) is 5.69 Å². The van der Waals surface area contributed by atoms with Gasteiger partial charge in [0.2, 0.25) is 0 Å². The van der Waals surface area contributed by atoms with E-state index in [0.29, 0.717) is 17.0 Å². The second-order valence-corrected chi connectivity index (χ2v) is 5.39. The molecule has 138 valence electrons. The Morgan fingerprint density at radius 1 is 1.11 bits per heavy atom. The molecule has 0 atom stereocenters. The fraction of sp³-hybridized carbons (Fsp3) is 0.0556. The van der Waals surface area contributed by atoms with Gasteiger partial charge in [-0.2, -0.15) is 0 Å².